The molecule has 1 heterocycles. The largest absolute Gasteiger partial charge is 0.309 e. The monoisotopic (exact) mass is 295 g/mol. The summed E-state index contributed by atoms with van der Waals surface area (Å²) < 4.78 is 4.21. The molecule has 1 fully saturated rings. The van der Waals surface area contributed by atoms with Gasteiger partial charge in [0.25, 0.3) is 0 Å². The van der Waals surface area contributed by atoms with Gasteiger partial charge < -0.3 is 5.32 Å². The van der Waals surface area contributed by atoms with E-state index in [-0.39, 0.29) is 0 Å². The molecule has 4 heteroatoms. The summed E-state index contributed by atoms with van der Waals surface area (Å²) in [5.41, 5.74) is 1.24. The molecule has 1 atom stereocenters. The van der Waals surface area contributed by atoms with Gasteiger partial charge in [-0.05, 0) is 43.3 Å². The first-order chi connectivity index (χ1) is 9.85. The Balaban J connectivity index is 2.02. The molecular weight excluding hydrogens is 266 g/mol. The van der Waals surface area contributed by atoms with Crippen LogP contribution in [0, 0.1) is 5.92 Å². The van der Waals surface area contributed by atoms with Crippen LogP contribution in [0.2, 0.25) is 0 Å². The van der Waals surface area contributed by atoms with Crippen LogP contribution >= 0.6 is 11.5 Å². The van der Waals surface area contributed by atoms with Crippen LogP contribution < -0.4 is 5.32 Å². The molecule has 20 heavy (non-hydrogen) atoms. The van der Waals surface area contributed by atoms with Gasteiger partial charge in [-0.3, -0.25) is 0 Å². The van der Waals surface area contributed by atoms with Crippen molar-refractivity contribution in [3.63, 3.8) is 0 Å². The fourth-order valence-electron chi connectivity index (χ4n) is 3.25. The predicted molar refractivity (Wildman–Crippen MR) is 86.1 cm³/mol. The van der Waals surface area contributed by atoms with Gasteiger partial charge in [0.1, 0.15) is 0 Å². The molecule has 114 valence electrons. The van der Waals surface area contributed by atoms with Crippen molar-refractivity contribution in [1.82, 2.24) is 14.9 Å². The zero-order chi connectivity index (χ0) is 14.2. The number of hydrogen-bond donors (Lipinski definition) is 1. The molecule has 1 unspecified atom stereocenters. The Morgan fingerprint density at radius 1 is 1.20 bits per heavy atom. The number of rotatable bonds is 8. The van der Waals surface area contributed by atoms with Crippen LogP contribution in [0.1, 0.15) is 81.8 Å². The van der Waals surface area contributed by atoms with E-state index >= 15 is 0 Å². The second-order valence-electron chi connectivity index (χ2n) is 6.08. The zero-order valence-corrected chi connectivity index (χ0v) is 13.8. The number of aryl methyl sites for hydroxylation is 1. The third-order valence-electron chi connectivity index (χ3n) is 4.32. The second kappa shape index (κ2) is 8.73. The van der Waals surface area contributed by atoms with E-state index in [2.05, 4.69) is 28.8 Å². The zero-order valence-electron chi connectivity index (χ0n) is 13.0. The normalized spacial score (nSPS) is 18.3. The minimum Gasteiger partial charge on any atom is -0.309 e. The smallest absolute Gasteiger partial charge is 0.0803 e. The van der Waals surface area contributed by atoms with E-state index in [1.54, 1.807) is 11.5 Å². The molecule has 1 aromatic heterocycles. The minimum absolute atomic E-state index is 0.486. The molecule has 1 N–H and O–H groups in total. The third-order valence-corrected chi connectivity index (χ3v) is 5.20. The van der Waals surface area contributed by atoms with Gasteiger partial charge in [-0.25, -0.2) is 0 Å². The Morgan fingerprint density at radius 2 is 2.00 bits per heavy atom. The first-order valence-corrected chi connectivity index (χ1v) is 9.17. The highest BCUT2D eigenvalue weighted by molar-refractivity contribution is 7.05. The lowest BCUT2D eigenvalue weighted by Crippen LogP contribution is -2.25. The average molecular weight is 295 g/mol. The van der Waals surface area contributed by atoms with Crippen molar-refractivity contribution in [3.8, 4) is 0 Å². The molecule has 1 aliphatic carbocycles. The van der Waals surface area contributed by atoms with Crippen LogP contribution in [0.4, 0.5) is 0 Å². The molecular formula is C16H29N3S. The predicted octanol–water partition coefficient (Wildman–Crippen LogP) is 4.50. The molecule has 0 bridgehead atoms. The molecule has 0 aromatic carbocycles. The molecule has 3 nitrogen and oxygen atoms in total. The summed E-state index contributed by atoms with van der Waals surface area (Å²) in [5.74, 6) is 0.898. The van der Waals surface area contributed by atoms with E-state index in [9.17, 15) is 0 Å². The van der Waals surface area contributed by atoms with Crippen molar-refractivity contribution < 1.29 is 0 Å². The van der Waals surface area contributed by atoms with Gasteiger partial charge in [-0.2, -0.15) is 0 Å². The quantitative estimate of drug-likeness (QED) is 0.767. The lowest BCUT2D eigenvalue weighted by molar-refractivity contribution is 0.301. The van der Waals surface area contributed by atoms with Crippen molar-refractivity contribution in [2.75, 3.05) is 6.54 Å². The van der Waals surface area contributed by atoms with Gasteiger partial charge in [0, 0.05) is 6.04 Å². The Morgan fingerprint density at radius 3 is 2.70 bits per heavy atom. The maximum atomic E-state index is 4.36. The lowest BCUT2D eigenvalue weighted by atomic mass is 9.84. The molecule has 0 saturated heterocycles. The summed E-state index contributed by atoms with van der Waals surface area (Å²) in [6, 6.07) is 0.486. The number of hydrogen-bond acceptors (Lipinski definition) is 4. The molecule has 0 spiro atoms. The fourth-order valence-corrected chi connectivity index (χ4v) is 4.03. The highest BCUT2D eigenvalue weighted by Gasteiger charge is 2.23. The van der Waals surface area contributed by atoms with E-state index in [1.165, 1.54) is 55.5 Å². The topological polar surface area (TPSA) is 37.8 Å². The van der Waals surface area contributed by atoms with E-state index in [4.69, 9.17) is 0 Å². The summed E-state index contributed by atoms with van der Waals surface area (Å²) >= 11 is 1.61. The molecule has 1 saturated carbocycles. The van der Waals surface area contributed by atoms with Crippen LogP contribution in [0.3, 0.4) is 0 Å². The Labute approximate surface area is 127 Å². The highest BCUT2D eigenvalue weighted by Crippen LogP contribution is 2.34. The maximum absolute atomic E-state index is 4.36. The van der Waals surface area contributed by atoms with Crippen LogP contribution in [-0.2, 0) is 6.42 Å². The SMILES string of the molecule is CCCNC(CC1CCCCC1)c1snnc1CCC. The van der Waals surface area contributed by atoms with Gasteiger partial charge in [0.05, 0.1) is 10.6 Å². The highest BCUT2D eigenvalue weighted by atomic mass is 32.1. The summed E-state index contributed by atoms with van der Waals surface area (Å²) in [6.07, 6.45) is 11.8. The molecule has 0 aliphatic heterocycles. The van der Waals surface area contributed by atoms with Gasteiger partial charge in [0.15, 0.2) is 0 Å². The van der Waals surface area contributed by atoms with Crippen molar-refractivity contribution in [3.05, 3.63) is 10.6 Å². The van der Waals surface area contributed by atoms with Gasteiger partial charge in [0.2, 0.25) is 0 Å². The third kappa shape index (κ3) is 4.52. The standard InChI is InChI=1S/C16H29N3S/c1-3-8-14-16(20-19-18-14)15(17-11-4-2)12-13-9-6-5-7-10-13/h13,15,17H,3-12H2,1-2H3. The molecule has 1 aliphatic rings. The molecule has 2 rings (SSSR count). The second-order valence-corrected chi connectivity index (χ2v) is 6.87. The molecule has 0 radical (unpaired) electrons. The summed E-state index contributed by atoms with van der Waals surface area (Å²) in [4.78, 5) is 1.41. The Kier molecular flexibility index (Phi) is 6.94. The molecule has 0 amide bonds. The summed E-state index contributed by atoms with van der Waals surface area (Å²) in [6.45, 7) is 5.56. The fraction of sp³-hybridized carbons (Fsp3) is 0.875. The number of aromatic nitrogens is 2. The van der Waals surface area contributed by atoms with Crippen LogP contribution in [0.25, 0.3) is 0 Å². The van der Waals surface area contributed by atoms with Crippen LogP contribution in [-0.4, -0.2) is 16.1 Å². The van der Waals surface area contributed by atoms with E-state index < -0.39 is 0 Å². The first-order valence-electron chi connectivity index (χ1n) is 8.39. The lowest BCUT2D eigenvalue weighted by Gasteiger charge is -2.27. The Hall–Kier alpha value is -0.480. The van der Waals surface area contributed by atoms with Gasteiger partial charge in [-0.15, -0.1) is 5.10 Å². The first kappa shape index (κ1) is 15.9. The summed E-state index contributed by atoms with van der Waals surface area (Å²) in [5, 5.41) is 8.10. The van der Waals surface area contributed by atoms with E-state index in [1.807, 2.05) is 0 Å². The minimum atomic E-state index is 0.486. The van der Waals surface area contributed by atoms with Gasteiger partial charge >= 0.3 is 0 Å². The summed E-state index contributed by atoms with van der Waals surface area (Å²) in [7, 11) is 0. The van der Waals surface area contributed by atoms with Crippen LogP contribution in [0.15, 0.2) is 0 Å². The van der Waals surface area contributed by atoms with Crippen molar-refractivity contribution >= 4 is 11.5 Å². The Bertz CT molecular complexity index is 372. The van der Waals surface area contributed by atoms with Crippen LogP contribution in [0.5, 0.6) is 0 Å². The van der Waals surface area contributed by atoms with Gasteiger partial charge in [-0.1, -0.05) is 56.9 Å². The van der Waals surface area contributed by atoms with E-state index in [0.717, 1.165) is 25.3 Å². The number of nitrogens with one attached hydrogen (secondary N) is 1. The van der Waals surface area contributed by atoms with Crippen molar-refractivity contribution in [2.24, 2.45) is 5.92 Å². The number of nitrogens with zero attached hydrogens (tertiary/aromatic N) is 2. The molecule has 1 aromatic rings. The van der Waals surface area contributed by atoms with E-state index in [0.29, 0.717) is 6.04 Å². The average Bonchev–Trinajstić information content (AvgIpc) is 2.93. The van der Waals surface area contributed by atoms with Crippen molar-refractivity contribution in [2.45, 2.75) is 77.7 Å². The van der Waals surface area contributed by atoms with Crippen molar-refractivity contribution in [1.29, 1.82) is 0 Å². The maximum Gasteiger partial charge on any atom is 0.0803 e.